The van der Waals surface area contributed by atoms with Crippen LogP contribution in [0.15, 0.2) is 61.1 Å². The number of rotatable bonds is 9. The number of carbonyl (C=O) groups is 1. The molecule has 4 heterocycles. The first-order chi connectivity index (χ1) is 18.9. The summed E-state index contributed by atoms with van der Waals surface area (Å²) < 4.78 is 25.5. The number of pyridine rings is 1. The molecule has 3 aromatic heterocycles. The Hall–Kier alpha value is -4.26. The highest BCUT2D eigenvalue weighted by Crippen LogP contribution is 2.35. The molecule has 1 amide bonds. The Morgan fingerprint density at radius 2 is 1.95 bits per heavy atom. The van der Waals surface area contributed by atoms with Gasteiger partial charge in [0.05, 0.1) is 47.6 Å². The maximum atomic E-state index is 13.7. The number of nitrogens with one attached hydrogen (secondary N) is 3. The molecule has 1 aromatic carbocycles. The average Bonchev–Trinajstić information content (AvgIpc) is 3.40. The quantitative estimate of drug-likeness (QED) is 0.238. The molecule has 0 spiro atoms. The summed E-state index contributed by atoms with van der Waals surface area (Å²) in [4.78, 5) is 33.6. The molecular weight excluding hydrogens is 505 g/mol. The van der Waals surface area contributed by atoms with Gasteiger partial charge in [-0.2, -0.15) is 0 Å². The number of imidazole rings is 1. The highest BCUT2D eigenvalue weighted by molar-refractivity contribution is 5.82. The number of H-pyrrole nitrogens is 1. The van der Waals surface area contributed by atoms with Crippen molar-refractivity contribution in [3.63, 3.8) is 0 Å². The summed E-state index contributed by atoms with van der Waals surface area (Å²) in [5, 5.41) is 14.9. The molecule has 0 aliphatic carbocycles. The molecule has 1 aliphatic heterocycles. The summed E-state index contributed by atoms with van der Waals surface area (Å²) >= 11 is 0. The fourth-order valence-corrected chi connectivity index (χ4v) is 4.02. The summed E-state index contributed by atoms with van der Waals surface area (Å²) in [6, 6.07) is 11.4. The van der Waals surface area contributed by atoms with Gasteiger partial charge in [0.25, 0.3) is 0 Å². The number of hydrogen-bond donors (Lipinski definition) is 4. The maximum Gasteiger partial charge on any atom is 0.230 e. The van der Waals surface area contributed by atoms with Crippen molar-refractivity contribution in [3.05, 3.63) is 72.7 Å². The van der Waals surface area contributed by atoms with Gasteiger partial charge in [0.2, 0.25) is 18.1 Å². The summed E-state index contributed by atoms with van der Waals surface area (Å²) in [6.07, 6.45) is 4.56. The van der Waals surface area contributed by atoms with Crippen molar-refractivity contribution in [2.45, 2.75) is 19.6 Å². The number of carbonyl (C=O) groups excluding carboxylic acids is 1. The standard InChI is InChI=1S/C27H28FN7O4/c1-27(25(37)30-11-3-13-36)15-38-24(39-16-27)23-34-21(17-5-7-18(28)8-6-17)22(35-23)20-9-12-31-26(33-20)32-19-4-2-10-29-14-19/h2,4-10,12,14,24,36H,3,11,13,15-16H2,1H3,(H,30,37)(H,34,35)(H,31,32,33). The van der Waals surface area contributed by atoms with Crippen LogP contribution in [-0.2, 0) is 14.3 Å². The third-order valence-electron chi connectivity index (χ3n) is 6.17. The normalized spacial score (nSPS) is 19.0. The Balaban J connectivity index is 1.41. The molecule has 5 rings (SSSR count). The monoisotopic (exact) mass is 533 g/mol. The minimum Gasteiger partial charge on any atom is -0.396 e. The number of benzene rings is 1. The molecule has 4 aromatic rings. The lowest BCUT2D eigenvalue weighted by atomic mass is 9.91. The molecule has 0 unspecified atom stereocenters. The van der Waals surface area contributed by atoms with Crippen molar-refractivity contribution in [3.8, 4) is 22.6 Å². The van der Waals surface area contributed by atoms with Gasteiger partial charge in [0.1, 0.15) is 5.82 Å². The number of nitrogens with zero attached hydrogens (tertiary/aromatic N) is 4. The summed E-state index contributed by atoms with van der Waals surface area (Å²) in [6.45, 7) is 2.34. The summed E-state index contributed by atoms with van der Waals surface area (Å²) in [5.74, 6) is 0.162. The predicted molar refractivity (Wildman–Crippen MR) is 140 cm³/mol. The lowest BCUT2D eigenvalue weighted by Gasteiger charge is -2.35. The minimum atomic E-state index is -0.888. The molecule has 0 atom stereocenters. The van der Waals surface area contributed by atoms with Crippen LogP contribution in [0, 0.1) is 11.2 Å². The minimum absolute atomic E-state index is 0.00334. The second-order valence-corrected chi connectivity index (χ2v) is 9.33. The van der Waals surface area contributed by atoms with Crippen LogP contribution in [-0.4, -0.2) is 62.3 Å². The fourth-order valence-electron chi connectivity index (χ4n) is 4.02. The Kier molecular flexibility index (Phi) is 7.87. The van der Waals surface area contributed by atoms with Gasteiger partial charge >= 0.3 is 0 Å². The Morgan fingerprint density at radius 3 is 2.67 bits per heavy atom. The zero-order valence-electron chi connectivity index (χ0n) is 21.2. The second-order valence-electron chi connectivity index (χ2n) is 9.33. The summed E-state index contributed by atoms with van der Waals surface area (Å²) in [5.41, 5.74) is 2.14. The number of anilines is 2. The van der Waals surface area contributed by atoms with E-state index in [9.17, 15) is 9.18 Å². The van der Waals surface area contributed by atoms with Gasteiger partial charge < -0.3 is 30.2 Å². The van der Waals surface area contributed by atoms with Gasteiger partial charge in [0, 0.05) is 31.1 Å². The third-order valence-corrected chi connectivity index (χ3v) is 6.17. The van der Waals surface area contributed by atoms with E-state index in [1.54, 1.807) is 49.8 Å². The molecule has 12 heteroatoms. The number of aliphatic hydroxyl groups excluding tert-OH is 1. The smallest absolute Gasteiger partial charge is 0.230 e. The van der Waals surface area contributed by atoms with Crippen molar-refractivity contribution in [1.29, 1.82) is 0 Å². The van der Waals surface area contributed by atoms with E-state index in [2.05, 4.69) is 30.6 Å². The van der Waals surface area contributed by atoms with Crippen molar-refractivity contribution >= 4 is 17.5 Å². The zero-order valence-corrected chi connectivity index (χ0v) is 21.2. The maximum absolute atomic E-state index is 13.7. The zero-order chi connectivity index (χ0) is 27.2. The number of aromatic amines is 1. The van der Waals surface area contributed by atoms with Crippen LogP contribution >= 0.6 is 0 Å². The van der Waals surface area contributed by atoms with Gasteiger partial charge in [-0.15, -0.1) is 0 Å². The van der Waals surface area contributed by atoms with Crippen LogP contribution in [0.4, 0.5) is 16.0 Å². The lowest BCUT2D eigenvalue weighted by Crippen LogP contribution is -2.48. The second kappa shape index (κ2) is 11.6. The van der Waals surface area contributed by atoms with Crippen molar-refractivity contribution in [2.75, 3.05) is 31.7 Å². The first-order valence-corrected chi connectivity index (χ1v) is 12.4. The van der Waals surface area contributed by atoms with Crippen LogP contribution in [0.25, 0.3) is 22.6 Å². The Morgan fingerprint density at radius 1 is 1.15 bits per heavy atom. The lowest BCUT2D eigenvalue weighted by molar-refractivity contribution is -0.231. The van der Waals surface area contributed by atoms with E-state index < -0.39 is 11.7 Å². The Bertz CT molecular complexity index is 1410. The number of aliphatic hydroxyl groups is 1. The van der Waals surface area contributed by atoms with Gasteiger partial charge in [-0.25, -0.2) is 19.3 Å². The SMILES string of the molecule is CC1(C(=O)NCCCO)COC(c2nc(-c3ccc(F)cc3)c(-c3ccnc(Nc4cccnc4)n3)[nH]2)OC1. The first-order valence-electron chi connectivity index (χ1n) is 12.4. The third kappa shape index (κ3) is 6.08. The van der Waals surface area contributed by atoms with Gasteiger partial charge in [-0.1, -0.05) is 0 Å². The van der Waals surface area contributed by atoms with Crippen molar-refractivity contribution in [2.24, 2.45) is 5.41 Å². The number of aromatic nitrogens is 5. The molecule has 4 N–H and O–H groups in total. The van der Waals surface area contributed by atoms with Crippen LogP contribution in [0.1, 0.15) is 25.5 Å². The Labute approximate surface area is 223 Å². The number of hydrogen-bond acceptors (Lipinski definition) is 9. The number of ether oxygens (including phenoxy) is 2. The highest BCUT2D eigenvalue weighted by Gasteiger charge is 2.40. The van der Waals surface area contributed by atoms with Gasteiger partial charge in [-0.05, 0) is 55.8 Å². The molecule has 1 saturated heterocycles. The van der Waals surface area contributed by atoms with E-state index in [1.807, 2.05) is 6.07 Å². The van der Waals surface area contributed by atoms with Crippen molar-refractivity contribution < 1.29 is 23.8 Å². The molecule has 0 bridgehead atoms. The largest absolute Gasteiger partial charge is 0.396 e. The molecular formula is C27H28FN7O4. The van der Waals surface area contributed by atoms with E-state index in [0.29, 0.717) is 47.4 Å². The molecule has 0 radical (unpaired) electrons. The van der Waals surface area contributed by atoms with Crippen LogP contribution in [0.5, 0.6) is 0 Å². The first kappa shape index (κ1) is 26.4. The van der Waals surface area contributed by atoms with Crippen LogP contribution in [0.2, 0.25) is 0 Å². The molecule has 1 aliphatic rings. The van der Waals surface area contributed by atoms with Gasteiger partial charge in [0.15, 0.2) is 5.82 Å². The molecule has 39 heavy (non-hydrogen) atoms. The molecule has 11 nitrogen and oxygen atoms in total. The van der Waals surface area contributed by atoms with Crippen molar-refractivity contribution in [1.82, 2.24) is 30.2 Å². The van der Waals surface area contributed by atoms with Gasteiger partial charge in [-0.3, -0.25) is 9.78 Å². The summed E-state index contributed by atoms with van der Waals surface area (Å²) in [7, 11) is 0. The van der Waals surface area contributed by atoms with E-state index in [4.69, 9.17) is 19.6 Å². The van der Waals surface area contributed by atoms with E-state index in [1.165, 1.54) is 12.1 Å². The molecule has 0 saturated carbocycles. The fraction of sp³-hybridized carbons (Fsp3) is 0.296. The number of halogens is 1. The number of amides is 1. The average molecular weight is 534 g/mol. The highest BCUT2D eigenvalue weighted by atomic mass is 19.1. The van der Waals surface area contributed by atoms with E-state index in [0.717, 1.165) is 5.69 Å². The topological polar surface area (TPSA) is 147 Å². The van der Waals surface area contributed by atoms with E-state index >= 15 is 0 Å². The van der Waals surface area contributed by atoms with E-state index in [-0.39, 0.29) is 31.5 Å². The van der Waals surface area contributed by atoms with Crippen LogP contribution in [0.3, 0.4) is 0 Å². The molecule has 1 fully saturated rings. The predicted octanol–water partition coefficient (Wildman–Crippen LogP) is 3.36. The molecule has 202 valence electrons. The van der Waals surface area contributed by atoms with Crippen LogP contribution < -0.4 is 10.6 Å².